The second-order valence-electron chi connectivity index (χ2n) is 5.41. The van der Waals surface area contributed by atoms with Crippen LogP contribution in [0.5, 0.6) is 0 Å². The van der Waals surface area contributed by atoms with Crippen molar-refractivity contribution in [1.82, 2.24) is 0 Å². The lowest BCUT2D eigenvalue weighted by Crippen LogP contribution is -2.48. The van der Waals surface area contributed by atoms with Gasteiger partial charge in [-0.3, -0.25) is 0 Å². The summed E-state index contributed by atoms with van der Waals surface area (Å²) < 4.78 is 5.52. The van der Waals surface area contributed by atoms with Gasteiger partial charge in [-0.05, 0) is 24.2 Å². The van der Waals surface area contributed by atoms with Crippen LogP contribution in [0.1, 0.15) is 40.0 Å². The molecule has 0 bridgehead atoms. The fourth-order valence-electron chi connectivity index (χ4n) is 2.24. The van der Waals surface area contributed by atoms with Crippen molar-refractivity contribution in [3.63, 3.8) is 0 Å². The van der Waals surface area contributed by atoms with E-state index in [1.54, 1.807) is 7.11 Å². The van der Waals surface area contributed by atoms with Gasteiger partial charge >= 0.3 is 0 Å². The van der Waals surface area contributed by atoms with Crippen molar-refractivity contribution in [2.45, 2.75) is 49.7 Å². The molecule has 1 saturated carbocycles. The molecular weight excluding hydrogens is 307 g/mol. The maximum atomic E-state index is 8.97. The highest BCUT2D eigenvalue weighted by molar-refractivity contribution is 14.1. The zero-order chi connectivity index (χ0) is 11.7. The standard InChI is InChI=1S/C11H21IO3/c1-10(2,3)8-5-6-11(14-4,15-13)9(12)7-8/h8-9,13H,5-7H2,1-4H3. The molecule has 3 unspecified atom stereocenters. The Morgan fingerprint density at radius 3 is 2.33 bits per heavy atom. The molecule has 90 valence electrons. The van der Waals surface area contributed by atoms with Crippen LogP contribution in [0, 0.1) is 11.3 Å². The molecule has 0 aromatic heterocycles. The summed E-state index contributed by atoms with van der Waals surface area (Å²) in [5, 5.41) is 8.97. The van der Waals surface area contributed by atoms with E-state index in [0.717, 1.165) is 19.3 Å². The van der Waals surface area contributed by atoms with Gasteiger partial charge in [0.05, 0.1) is 3.92 Å². The third kappa shape index (κ3) is 2.84. The molecule has 15 heavy (non-hydrogen) atoms. The van der Waals surface area contributed by atoms with E-state index in [1.807, 2.05) is 0 Å². The molecule has 0 aromatic rings. The van der Waals surface area contributed by atoms with Crippen LogP contribution in [0.3, 0.4) is 0 Å². The van der Waals surface area contributed by atoms with Crippen molar-refractivity contribution >= 4 is 22.6 Å². The summed E-state index contributed by atoms with van der Waals surface area (Å²) in [6.45, 7) is 6.79. The van der Waals surface area contributed by atoms with Crippen LogP contribution in [0.15, 0.2) is 0 Å². The third-order valence-corrected chi connectivity index (χ3v) is 4.99. The maximum Gasteiger partial charge on any atom is 0.212 e. The lowest BCUT2D eigenvalue weighted by atomic mass is 9.71. The van der Waals surface area contributed by atoms with E-state index in [4.69, 9.17) is 9.99 Å². The van der Waals surface area contributed by atoms with E-state index in [1.165, 1.54) is 0 Å². The van der Waals surface area contributed by atoms with Crippen molar-refractivity contribution in [2.24, 2.45) is 11.3 Å². The SMILES string of the molecule is COC1(OO)CCC(C(C)(C)C)CC1I. The summed E-state index contributed by atoms with van der Waals surface area (Å²) in [6, 6.07) is 0. The second-order valence-corrected chi connectivity index (χ2v) is 6.92. The lowest BCUT2D eigenvalue weighted by Gasteiger charge is -2.44. The maximum absolute atomic E-state index is 8.97. The van der Waals surface area contributed by atoms with Gasteiger partial charge in [-0.1, -0.05) is 43.4 Å². The number of ether oxygens (including phenoxy) is 1. The Morgan fingerprint density at radius 2 is 2.00 bits per heavy atom. The molecule has 1 aliphatic rings. The van der Waals surface area contributed by atoms with Gasteiger partial charge < -0.3 is 4.74 Å². The Balaban J connectivity index is 2.70. The predicted octanol–water partition coefficient (Wildman–Crippen LogP) is 3.47. The molecule has 1 aliphatic carbocycles. The fourth-order valence-corrected chi connectivity index (χ4v) is 3.53. The van der Waals surface area contributed by atoms with Gasteiger partial charge in [0, 0.05) is 13.5 Å². The topological polar surface area (TPSA) is 38.7 Å². The van der Waals surface area contributed by atoms with Crippen LogP contribution in [-0.2, 0) is 9.62 Å². The summed E-state index contributed by atoms with van der Waals surface area (Å²) in [5.41, 5.74) is 0.318. The normalized spacial score (nSPS) is 38.0. The molecule has 1 rings (SSSR count). The van der Waals surface area contributed by atoms with Gasteiger partial charge in [0.1, 0.15) is 0 Å². The molecule has 4 heteroatoms. The Bertz CT molecular complexity index is 208. The summed E-state index contributed by atoms with van der Waals surface area (Å²) in [6.07, 6.45) is 2.82. The molecule has 0 spiro atoms. The minimum Gasteiger partial charge on any atom is -0.350 e. The number of methoxy groups -OCH3 is 1. The molecule has 3 nitrogen and oxygen atoms in total. The highest BCUT2D eigenvalue weighted by Crippen LogP contribution is 2.45. The molecule has 0 radical (unpaired) electrons. The molecule has 1 N–H and O–H groups in total. The first-order valence-corrected chi connectivity index (χ1v) is 6.62. The largest absolute Gasteiger partial charge is 0.350 e. The molecule has 0 aliphatic heterocycles. The van der Waals surface area contributed by atoms with Crippen molar-refractivity contribution in [3.8, 4) is 0 Å². The van der Waals surface area contributed by atoms with Crippen LogP contribution in [-0.4, -0.2) is 22.1 Å². The predicted molar refractivity (Wildman–Crippen MR) is 68.1 cm³/mol. The lowest BCUT2D eigenvalue weighted by molar-refractivity contribution is -0.404. The first kappa shape index (κ1) is 13.7. The molecule has 0 amide bonds. The summed E-state index contributed by atoms with van der Waals surface area (Å²) in [4.78, 5) is 4.57. The van der Waals surface area contributed by atoms with E-state index >= 15 is 0 Å². The molecule has 3 atom stereocenters. The van der Waals surface area contributed by atoms with Crippen molar-refractivity contribution in [3.05, 3.63) is 0 Å². The van der Waals surface area contributed by atoms with E-state index in [2.05, 4.69) is 48.2 Å². The highest BCUT2D eigenvalue weighted by Gasteiger charge is 2.46. The Kier molecular flexibility index (Phi) is 4.43. The van der Waals surface area contributed by atoms with E-state index in [-0.39, 0.29) is 3.92 Å². The zero-order valence-electron chi connectivity index (χ0n) is 9.92. The minimum absolute atomic E-state index is 0.197. The highest BCUT2D eigenvalue weighted by atomic mass is 127. The van der Waals surface area contributed by atoms with Crippen molar-refractivity contribution in [2.75, 3.05) is 7.11 Å². The summed E-state index contributed by atoms with van der Waals surface area (Å²) in [5.74, 6) is -0.125. The third-order valence-electron chi connectivity index (χ3n) is 3.53. The molecule has 0 saturated heterocycles. The molecule has 0 aromatic carbocycles. The minimum atomic E-state index is -0.789. The number of rotatable bonds is 2. The van der Waals surface area contributed by atoms with Crippen LogP contribution in [0.4, 0.5) is 0 Å². The summed E-state index contributed by atoms with van der Waals surface area (Å²) >= 11 is 2.32. The van der Waals surface area contributed by atoms with Crippen LogP contribution in [0.2, 0.25) is 0 Å². The van der Waals surface area contributed by atoms with Crippen LogP contribution >= 0.6 is 22.6 Å². The Morgan fingerprint density at radius 1 is 1.40 bits per heavy atom. The average Bonchev–Trinajstić information content (AvgIpc) is 2.17. The van der Waals surface area contributed by atoms with Crippen LogP contribution < -0.4 is 0 Å². The van der Waals surface area contributed by atoms with Gasteiger partial charge in [-0.15, -0.1) is 0 Å². The molecule has 1 fully saturated rings. The number of hydrogen-bond acceptors (Lipinski definition) is 3. The first-order chi connectivity index (χ1) is 6.85. The first-order valence-electron chi connectivity index (χ1n) is 5.37. The monoisotopic (exact) mass is 328 g/mol. The van der Waals surface area contributed by atoms with Gasteiger partial charge in [0.2, 0.25) is 5.79 Å². The number of alkyl halides is 1. The summed E-state index contributed by atoms with van der Waals surface area (Å²) in [7, 11) is 1.60. The van der Waals surface area contributed by atoms with Gasteiger partial charge in [0.15, 0.2) is 0 Å². The zero-order valence-corrected chi connectivity index (χ0v) is 12.1. The average molecular weight is 328 g/mol. The quantitative estimate of drug-likeness (QED) is 0.277. The fraction of sp³-hybridized carbons (Fsp3) is 1.00. The number of halogens is 1. The number of hydrogen-bond donors (Lipinski definition) is 1. The smallest absolute Gasteiger partial charge is 0.212 e. The Hall–Kier alpha value is 0.610. The van der Waals surface area contributed by atoms with Crippen LogP contribution in [0.25, 0.3) is 0 Å². The second kappa shape index (κ2) is 4.85. The van der Waals surface area contributed by atoms with E-state index in [0.29, 0.717) is 11.3 Å². The van der Waals surface area contributed by atoms with Crippen molar-refractivity contribution < 1.29 is 14.9 Å². The van der Waals surface area contributed by atoms with Gasteiger partial charge in [0.25, 0.3) is 0 Å². The Labute approximate surface area is 106 Å². The molecular formula is C11H21IO3. The molecule has 0 heterocycles. The van der Waals surface area contributed by atoms with Gasteiger partial charge in [-0.25, -0.2) is 10.1 Å². The van der Waals surface area contributed by atoms with Gasteiger partial charge in [-0.2, -0.15) is 0 Å². The van der Waals surface area contributed by atoms with Crippen molar-refractivity contribution in [1.29, 1.82) is 0 Å². The van der Waals surface area contributed by atoms with E-state index in [9.17, 15) is 0 Å². The van der Waals surface area contributed by atoms with E-state index < -0.39 is 5.79 Å².